The summed E-state index contributed by atoms with van der Waals surface area (Å²) in [4.78, 5) is 0. The van der Waals surface area contributed by atoms with Gasteiger partial charge in [0.05, 0.1) is 0 Å². The van der Waals surface area contributed by atoms with Crippen LogP contribution in [0.25, 0.3) is 0 Å². The van der Waals surface area contributed by atoms with Crippen molar-refractivity contribution in [2.24, 2.45) is 11.8 Å². The van der Waals surface area contributed by atoms with Crippen LogP contribution in [0.3, 0.4) is 0 Å². The largest absolute Gasteiger partial charge is 0.396 e. The summed E-state index contributed by atoms with van der Waals surface area (Å²) in [5.41, 5.74) is 2.89. The third-order valence-electron chi connectivity index (χ3n) is 2.74. The van der Waals surface area contributed by atoms with Crippen molar-refractivity contribution in [2.75, 3.05) is 6.61 Å². The van der Waals surface area contributed by atoms with Crippen molar-refractivity contribution in [2.45, 2.75) is 27.2 Å². The van der Waals surface area contributed by atoms with Crippen LogP contribution >= 0.6 is 0 Å². The predicted molar refractivity (Wildman–Crippen MR) is 42.7 cm³/mol. The Morgan fingerprint density at radius 3 is 2.30 bits per heavy atom. The Labute approximate surface area is 62.8 Å². The maximum Gasteiger partial charge on any atom is 0.0499 e. The van der Waals surface area contributed by atoms with E-state index in [0.717, 1.165) is 0 Å². The van der Waals surface area contributed by atoms with E-state index in [1.165, 1.54) is 17.6 Å². The first-order chi connectivity index (χ1) is 4.66. The van der Waals surface area contributed by atoms with Gasteiger partial charge in [-0.25, -0.2) is 0 Å². The van der Waals surface area contributed by atoms with E-state index in [9.17, 15) is 0 Å². The second kappa shape index (κ2) is 2.75. The van der Waals surface area contributed by atoms with Crippen molar-refractivity contribution in [3.8, 4) is 0 Å². The summed E-state index contributed by atoms with van der Waals surface area (Å²) in [6.45, 7) is 6.84. The van der Waals surface area contributed by atoms with Gasteiger partial charge in [-0.3, -0.25) is 0 Å². The van der Waals surface area contributed by atoms with E-state index in [0.29, 0.717) is 18.4 Å². The van der Waals surface area contributed by atoms with E-state index in [1.54, 1.807) is 0 Å². The monoisotopic (exact) mass is 140 g/mol. The molecule has 58 valence electrons. The average molecular weight is 140 g/mol. The van der Waals surface area contributed by atoms with Crippen LogP contribution in [0.2, 0.25) is 0 Å². The van der Waals surface area contributed by atoms with Crippen molar-refractivity contribution < 1.29 is 5.11 Å². The average Bonchev–Trinajstić information content (AvgIpc) is 2.09. The standard InChI is InChI=1S/C9H16O/c1-6-4-7(2)9(5-10)8(6)3/h7,9-10H,4-5H2,1-3H3/t7?,9-/m1/s1. The molecule has 1 rings (SSSR count). The minimum atomic E-state index is 0.324. The highest BCUT2D eigenvalue weighted by Crippen LogP contribution is 2.35. The van der Waals surface area contributed by atoms with E-state index >= 15 is 0 Å². The van der Waals surface area contributed by atoms with Crippen LogP contribution in [-0.4, -0.2) is 11.7 Å². The van der Waals surface area contributed by atoms with Crippen LogP contribution < -0.4 is 0 Å². The number of aliphatic hydroxyl groups is 1. The fraction of sp³-hybridized carbons (Fsp3) is 0.778. The van der Waals surface area contributed by atoms with Crippen molar-refractivity contribution in [3.63, 3.8) is 0 Å². The van der Waals surface area contributed by atoms with Crippen molar-refractivity contribution in [1.82, 2.24) is 0 Å². The van der Waals surface area contributed by atoms with Crippen LogP contribution in [0.4, 0.5) is 0 Å². The minimum absolute atomic E-state index is 0.324. The summed E-state index contributed by atoms with van der Waals surface area (Å²) >= 11 is 0. The lowest BCUT2D eigenvalue weighted by atomic mass is 9.95. The van der Waals surface area contributed by atoms with E-state index in [1.807, 2.05) is 0 Å². The van der Waals surface area contributed by atoms with E-state index in [2.05, 4.69) is 20.8 Å². The van der Waals surface area contributed by atoms with Crippen LogP contribution in [0.15, 0.2) is 11.1 Å². The summed E-state index contributed by atoms with van der Waals surface area (Å²) in [5.74, 6) is 1.10. The molecule has 0 aliphatic heterocycles. The van der Waals surface area contributed by atoms with Crippen LogP contribution in [0.5, 0.6) is 0 Å². The van der Waals surface area contributed by atoms with E-state index < -0.39 is 0 Å². The molecule has 1 aliphatic rings. The van der Waals surface area contributed by atoms with Crippen LogP contribution in [-0.2, 0) is 0 Å². The Morgan fingerprint density at radius 2 is 2.10 bits per heavy atom. The molecule has 1 N–H and O–H groups in total. The third kappa shape index (κ3) is 1.10. The molecule has 0 heterocycles. The Hall–Kier alpha value is -0.300. The number of aliphatic hydroxyl groups excluding tert-OH is 1. The molecule has 0 spiro atoms. The molecule has 0 saturated carbocycles. The Morgan fingerprint density at radius 1 is 1.50 bits per heavy atom. The van der Waals surface area contributed by atoms with Gasteiger partial charge in [-0.1, -0.05) is 18.1 Å². The Balaban J connectivity index is 2.72. The summed E-state index contributed by atoms with van der Waals surface area (Å²) in [6, 6.07) is 0. The number of hydrogen-bond acceptors (Lipinski definition) is 1. The minimum Gasteiger partial charge on any atom is -0.396 e. The highest BCUT2D eigenvalue weighted by Gasteiger charge is 2.25. The molecule has 0 aromatic rings. The third-order valence-corrected chi connectivity index (χ3v) is 2.74. The SMILES string of the molecule is CC1=C(C)[C@H](CO)C(C)C1. The quantitative estimate of drug-likeness (QED) is 0.552. The smallest absolute Gasteiger partial charge is 0.0499 e. The first-order valence-electron chi connectivity index (χ1n) is 3.94. The maximum atomic E-state index is 8.99. The zero-order chi connectivity index (χ0) is 7.72. The van der Waals surface area contributed by atoms with Crippen molar-refractivity contribution in [1.29, 1.82) is 0 Å². The molecule has 0 aromatic carbocycles. The summed E-state index contributed by atoms with van der Waals surface area (Å²) in [7, 11) is 0. The maximum absolute atomic E-state index is 8.99. The Bertz CT molecular complexity index is 158. The zero-order valence-electron chi connectivity index (χ0n) is 7.02. The summed E-state index contributed by atoms with van der Waals surface area (Å²) < 4.78 is 0. The van der Waals surface area contributed by atoms with Crippen LogP contribution in [0, 0.1) is 11.8 Å². The van der Waals surface area contributed by atoms with Crippen molar-refractivity contribution >= 4 is 0 Å². The molecule has 0 aromatic heterocycles. The van der Waals surface area contributed by atoms with E-state index in [4.69, 9.17) is 5.11 Å². The lowest BCUT2D eigenvalue weighted by Gasteiger charge is -2.13. The van der Waals surface area contributed by atoms with Gasteiger partial charge in [0.2, 0.25) is 0 Å². The number of hydrogen-bond donors (Lipinski definition) is 1. The highest BCUT2D eigenvalue weighted by molar-refractivity contribution is 5.20. The molecule has 2 atom stereocenters. The lowest BCUT2D eigenvalue weighted by Crippen LogP contribution is -2.11. The zero-order valence-corrected chi connectivity index (χ0v) is 7.02. The fourth-order valence-electron chi connectivity index (χ4n) is 1.85. The van der Waals surface area contributed by atoms with Gasteiger partial charge in [-0.05, 0) is 26.2 Å². The number of rotatable bonds is 1. The molecule has 0 saturated heterocycles. The molecule has 10 heavy (non-hydrogen) atoms. The lowest BCUT2D eigenvalue weighted by molar-refractivity contribution is 0.216. The second-order valence-electron chi connectivity index (χ2n) is 3.43. The summed E-state index contributed by atoms with van der Waals surface area (Å²) in [5, 5.41) is 8.99. The predicted octanol–water partition coefficient (Wildman–Crippen LogP) is 1.97. The van der Waals surface area contributed by atoms with Gasteiger partial charge in [0.1, 0.15) is 0 Å². The van der Waals surface area contributed by atoms with Crippen molar-refractivity contribution in [3.05, 3.63) is 11.1 Å². The second-order valence-corrected chi connectivity index (χ2v) is 3.43. The molecule has 1 aliphatic carbocycles. The van der Waals surface area contributed by atoms with Gasteiger partial charge in [-0.15, -0.1) is 0 Å². The molecule has 1 nitrogen and oxygen atoms in total. The Kier molecular flexibility index (Phi) is 2.14. The summed E-state index contributed by atoms with van der Waals surface area (Å²) in [6.07, 6.45) is 1.18. The first kappa shape index (κ1) is 7.80. The molecule has 0 radical (unpaired) electrons. The van der Waals surface area contributed by atoms with Gasteiger partial charge in [0, 0.05) is 12.5 Å². The normalized spacial score (nSPS) is 33.6. The van der Waals surface area contributed by atoms with Gasteiger partial charge < -0.3 is 5.11 Å². The topological polar surface area (TPSA) is 20.2 Å². The van der Waals surface area contributed by atoms with Gasteiger partial charge in [0.25, 0.3) is 0 Å². The molecule has 1 unspecified atom stereocenters. The fourth-order valence-corrected chi connectivity index (χ4v) is 1.85. The van der Waals surface area contributed by atoms with Crippen LogP contribution in [0.1, 0.15) is 27.2 Å². The molecular formula is C9H16O. The molecule has 1 heteroatoms. The van der Waals surface area contributed by atoms with Gasteiger partial charge >= 0.3 is 0 Å². The molecule has 0 amide bonds. The first-order valence-corrected chi connectivity index (χ1v) is 3.94. The van der Waals surface area contributed by atoms with Gasteiger partial charge in [-0.2, -0.15) is 0 Å². The molecule has 0 bridgehead atoms. The number of allylic oxidation sites excluding steroid dienone is 1. The molecular weight excluding hydrogens is 124 g/mol. The highest BCUT2D eigenvalue weighted by atomic mass is 16.3. The molecule has 0 fully saturated rings. The van der Waals surface area contributed by atoms with Gasteiger partial charge in [0.15, 0.2) is 0 Å². The van der Waals surface area contributed by atoms with E-state index in [-0.39, 0.29) is 0 Å².